The molecule has 0 bridgehead atoms. The van der Waals surface area contributed by atoms with Crippen LogP contribution in [-0.4, -0.2) is 43.5 Å². The van der Waals surface area contributed by atoms with Crippen LogP contribution in [0.4, 0.5) is 16.2 Å². The fourth-order valence-corrected chi connectivity index (χ4v) is 2.52. The number of carbonyl (C=O) groups excluding carboxylic acids is 4. The van der Waals surface area contributed by atoms with Crippen molar-refractivity contribution in [2.24, 2.45) is 0 Å². The number of ether oxygens (including phenoxy) is 1. The average molecular weight is 410 g/mol. The first-order valence-electron chi connectivity index (χ1n) is 9.38. The molecule has 30 heavy (non-hydrogen) atoms. The van der Waals surface area contributed by atoms with Crippen LogP contribution in [0.5, 0.6) is 0 Å². The van der Waals surface area contributed by atoms with E-state index in [0.717, 1.165) is 12.8 Å². The van der Waals surface area contributed by atoms with E-state index in [1.54, 1.807) is 36.4 Å². The number of esters is 1. The first kappa shape index (κ1) is 20.8. The minimum atomic E-state index is -0.544. The number of benzene rings is 2. The molecule has 2 aromatic carbocycles. The summed E-state index contributed by atoms with van der Waals surface area (Å²) in [5.74, 6) is -1.30. The largest absolute Gasteiger partial charge is 0.468 e. The summed E-state index contributed by atoms with van der Waals surface area (Å²) in [6.45, 7) is -0.221. The predicted octanol–water partition coefficient (Wildman–Crippen LogP) is 2.13. The fraction of sp³-hybridized carbons (Fsp3) is 0.238. The van der Waals surface area contributed by atoms with E-state index in [1.165, 1.54) is 19.2 Å². The normalized spacial score (nSPS) is 12.4. The highest BCUT2D eigenvalue weighted by atomic mass is 16.5. The second-order valence-electron chi connectivity index (χ2n) is 6.74. The van der Waals surface area contributed by atoms with E-state index in [4.69, 9.17) is 0 Å². The Morgan fingerprint density at radius 3 is 1.90 bits per heavy atom. The standard InChI is InChI=1S/C21H22N4O5/c1-30-18(26)12-22-19(27)13-2-6-15(7-3-13)23-20(28)14-4-8-16(9-5-14)24-21(29)25-17-10-11-17/h2-9,17H,10-12H2,1H3,(H,22,27)(H,23,28)(H2,24,25,29). The molecule has 0 radical (unpaired) electrons. The number of amides is 4. The van der Waals surface area contributed by atoms with Gasteiger partial charge in [-0.2, -0.15) is 0 Å². The molecule has 9 nitrogen and oxygen atoms in total. The predicted molar refractivity (Wildman–Crippen MR) is 110 cm³/mol. The van der Waals surface area contributed by atoms with Gasteiger partial charge in [0.2, 0.25) is 0 Å². The molecule has 0 atom stereocenters. The lowest BCUT2D eigenvalue weighted by Gasteiger charge is -2.09. The Hall–Kier alpha value is -3.88. The minimum Gasteiger partial charge on any atom is -0.468 e. The van der Waals surface area contributed by atoms with Crippen molar-refractivity contribution in [2.45, 2.75) is 18.9 Å². The number of hydrogen-bond donors (Lipinski definition) is 4. The van der Waals surface area contributed by atoms with Gasteiger partial charge in [0, 0.05) is 28.5 Å². The van der Waals surface area contributed by atoms with Gasteiger partial charge in [0.25, 0.3) is 11.8 Å². The van der Waals surface area contributed by atoms with Gasteiger partial charge in [-0.05, 0) is 61.4 Å². The highest BCUT2D eigenvalue weighted by molar-refractivity contribution is 6.05. The molecule has 0 unspecified atom stereocenters. The SMILES string of the molecule is COC(=O)CNC(=O)c1ccc(NC(=O)c2ccc(NC(=O)NC3CC3)cc2)cc1. The molecule has 4 N–H and O–H groups in total. The molecule has 1 aliphatic rings. The van der Waals surface area contributed by atoms with E-state index in [-0.39, 0.29) is 24.5 Å². The van der Waals surface area contributed by atoms with Crippen molar-refractivity contribution in [3.63, 3.8) is 0 Å². The molecular formula is C21H22N4O5. The monoisotopic (exact) mass is 410 g/mol. The van der Waals surface area contributed by atoms with E-state index in [9.17, 15) is 19.2 Å². The molecule has 0 spiro atoms. The van der Waals surface area contributed by atoms with Crippen LogP contribution in [0.2, 0.25) is 0 Å². The quantitative estimate of drug-likeness (QED) is 0.520. The third kappa shape index (κ3) is 6.06. The highest BCUT2D eigenvalue weighted by Gasteiger charge is 2.23. The number of anilines is 2. The van der Waals surface area contributed by atoms with Crippen molar-refractivity contribution in [2.75, 3.05) is 24.3 Å². The zero-order valence-corrected chi connectivity index (χ0v) is 16.4. The van der Waals surface area contributed by atoms with E-state index >= 15 is 0 Å². The van der Waals surface area contributed by atoms with Crippen LogP contribution in [0.1, 0.15) is 33.6 Å². The summed E-state index contributed by atoms with van der Waals surface area (Å²) in [7, 11) is 1.24. The van der Waals surface area contributed by atoms with Crippen molar-refractivity contribution < 1.29 is 23.9 Å². The summed E-state index contributed by atoms with van der Waals surface area (Å²) in [6, 6.07) is 12.8. The summed E-state index contributed by atoms with van der Waals surface area (Å²) < 4.78 is 4.46. The number of carbonyl (C=O) groups is 4. The Kier molecular flexibility index (Phi) is 6.63. The number of nitrogens with one attached hydrogen (secondary N) is 4. The smallest absolute Gasteiger partial charge is 0.325 e. The molecular weight excluding hydrogens is 388 g/mol. The molecule has 0 saturated heterocycles. The van der Waals surface area contributed by atoms with Crippen molar-refractivity contribution in [1.82, 2.24) is 10.6 Å². The van der Waals surface area contributed by atoms with Gasteiger partial charge in [0.15, 0.2) is 0 Å². The number of urea groups is 1. The Morgan fingerprint density at radius 1 is 0.833 bits per heavy atom. The van der Waals surface area contributed by atoms with Crippen LogP contribution in [0.25, 0.3) is 0 Å². The molecule has 1 fully saturated rings. The second kappa shape index (κ2) is 9.55. The molecule has 156 valence electrons. The lowest BCUT2D eigenvalue weighted by molar-refractivity contribution is -0.139. The van der Waals surface area contributed by atoms with Crippen LogP contribution >= 0.6 is 0 Å². The maximum atomic E-state index is 12.4. The zero-order valence-electron chi connectivity index (χ0n) is 16.4. The lowest BCUT2D eigenvalue weighted by atomic mass is 10.1. The maximum Gasteiger partial charge on any atom is 0.325 e. The highest BCUT2D eigenvalue weighted by Crippen LogP contribution is 2.19. The van der Waals surface area contributed by atoms with Gasteiger partial charge in [-0.25, -0.2) is 4.79 Å². The van der Waals surface area contributed by atoms with E-state index in [2.05, 4.69) is 26.0 Å². The van der Waals surface area contributed by atoms with Gasteiger partial charge in [0.05, 0.1) is 7.11 Å². The van der Waals surface area contributed by atoms with Crippen LogP contribution in [0.15, 0.2) is 48.5 Å². The van der Waals surface area contributed by atoms with Crippen molar-refractivity contribution in [3.8, 4) is 0 Å². The molecule has 2 aromatic rings. The van der Waals surface area contributed by atoms with Gasteiger partial charge >= 0.3 is 12.0 Å². The molecule has 9 heteroatoms. The van der Waals surface area contributed by atoms with Crippen molar-refractivity contribution in [3.05, 3.63) is 59.7 Å². The molecule has 0 heterocycles. The van der Waals surface area contributed by atoms with Crippen LogP contribution in [0.3, 0.4) is 0 Å². The fourth-order valence-electron chi connectivity index (χ4n) is 2.52. The summed E-state index contributed by atoms with van der Waals surface area (Å²) >= 11 is 0. The van der Waals surface area contributed by atoms with Crippen LogP contribution in [-0.2, 0) is 9.53 Å². The average Bonchev–Trinajstić information content (AvgIpc) is 3.56. The Balaban J connectivity index is 1.51. The van der Waals surface area contributed by atoms with Crippen molar-refractivity contribution >= 4 is 35.2 Å². The number of rotatable bonds is 7. The van der Waals surface area contributed by atoms with Crippen LogP contribution < -0.4 is 21.3 Å². The van der Waals surface area contributed by atoms with Crippen molar-refractivity contribution in [1.29, 1.82) is 0 Å². The summed E-state index contributed by atoms with van der Waals surface area (Å²) in [5.41, 5.74) is 1.86. The van der Waals surface area contributed by atoms with Gasteiger partial charge in [-0.3, -0.25) is 14.4 Å². The third-order valence-corrected chi connectivity index (χ3v) is 4.34. The Morgan fingerprint density at radius 2 is 1.37 bits per heavy atom. The third-order valence-electron chi connectivity index (χ3n) is 4.34. The summed E-state index contributed by atoms with van der Waals surface area (Å²) in [6.07, 6.45) is 2.01. The van der Waals surface area contributed by atoms with Gasteiger partial charge in [0.1, 0.15) is 6.54 Å². The zero-order chi connectivity index (χ0) is 21.5. The molecule has 3 rings (SSSR count). The maximum absolute atomic E-state index is 12.4. The van der Waals surface area contributed by atoms with Gasteiger partial charge in [-0.1, -0.05) is 0 Å². The minimum absolute atomic E-state index is 0.221. The number of methoxy groups -OCH3 is 1. The molecule has 4 amide bonds. The van der Waals surface area contributed by atoms with Gasteiger partial charge in [-0.15, -0.1) is 0 Å². The van der Waals surface area contributed by atoms with Gasteiger partial charge < -0.3 is 26.0 Å². The Bertz CT molecular complexity index is 937. The lowest BCUT2D eigenvalue weighted by Crippen LogP contribution is -2.30. The summed E-state index contributed by atoms with van der Waals surface area (Å²) in [4.78, 5) is 47.1. The van der Waals surface area contributed by atoms with E-state index in [0.29, 0.717) is 22.5 Å². The molecule has 0 aliphatic heterocycles. The Labute approximate surface area is 173 Å². The summed E-state index contributed by atoms with van der Waals surface area (Å²) in [5, 5.41) is 10.7. The molecule has 0 aromatic heterocycles. The second-order valence-corrected chi connectivity index (χ2v) is 6.74. The molecule has 1 aliphatic carbocycles. The first-order chi connectivity index (χ1) is 14.4. The topological polar surface area (TPSA) is 126 Å². The number of hydrogen-bond acceptors (Lipinski definition) is 5. The van der Waals surface area contributed by atoms with E-state index < -0.39 is 11.9 Å². The first-order valence-corrected chi connectivity index (χ1v) is 9.38. The molecule has 1 saturated carbocycles. The van der Waals surface area contributed by atoms with E-state index in [1.807, 2.05) is 0 Å². The van der Waals surface area contributed by atoms with Crippen LogP contribution in [0, 0.1) is 0 Å².